The van der Waals surface area contributed by atoms with E-state index in [1.54, 1.807) is 0 Å². The molecule has 25 heavy (non-hydrogen) atoms. The second-order valence-electron chi connectivity index (χ2n) is 7.08. The van der Waals surface area contributed by atoms with Crippen molar-refractivity contribution in [2.75, 3.05) is 50.6 Å². The Balaban J connectivity index is 1.87. The number of hydrogen-bond acceptors (Lipinski definition) is 4. The Morgan fingerprint density at radius 3 is 2.40 bits per heavy atom. The maximum absolute atomic E-state index is 12.2. The molecule has 2 rings (SSSR count). The Labute approximate surface area is 152 Å². The average Bonchev–Trinajstić information content (AvgIpc) is 2.60. The molecule has 1 aromatic carbocycles. The Kier molecular flexibility index (Phi) is 7.72. The van der Waals surface area contributed by atoms with Crippen LogP contribution in [0.2, 0.25) is 0 Å². The third kappa shape index (κ3) is 6.01. The highest BCUT2D eigenvalue weighted by molar-refractivity contribution is 5.94. The first-order valence-electron chi connectivity index (χ1n) is 9.45. The van der Waals surface area contributed by atoms with Crippen LogP contribution in [0, 0.1) is 5.92 Å². The third-order valence-electron chi connectivity index (χ3n) is 4.77. The van der Waals surface area contributed by atoms with Crippen LogP contribution in [0.25, 0.3) is 0 Å². The number of hydrogen-bond donors (Lipinski definition) is 1. The number of anilines is 2. The fraction of sp³-hybridized carbons (Fsp3) is 0.650. The van der Waals surface area contributed by atoms with Gasteiger partial charge in [-0.3, -0.25) is 4.79 Å². The first-order valence-corrected chi connectivity index (χ1v) is 9.45. The fourth-order valence-electron chi connectivity index (χ4n) is 3.45. The highest BCUT2D eigenvalue weighted by Gasteiger charge is 2.20. The first-order chi connectivity index (χ1) is 12.0. The number of ether oxygens (including phenoxy) is 1. The molecule has 1 atom stereocenters. The normalized spacial score (nSPS) is 16.9. The van der Waals surface area contributed by atoms with E-state index < -0.39 is 0 Å². The van der Waals surface area contributed by atoms with Gasteiger partial charge in [-0.2, -0.15) is 0 Å². The molecule has 1 N–H and O–H groups in total. The van der Waals surface area contributed by atoms with Crippen LogP contribution in [0.3, 0.4) is 0 Å². The first kappa shape index (κ1) is 19.7. The Morgan fingerprint density at radius 2 is 1.88 bits per heavy atom. The SMILES string of the molecule is CCOC(CC)C(=O)Nc1ccc(N2CCC(CN(C)C)CC2)cc1. The van der Waals surface area contributed by atoms with Gasteiger partial charge in [0.15, 0.2) is 0 Å². The van der Waals surface area contributed by atoms with Crippen molar-refractivity contribution in [2.45, 2.75) is 39.2 Å². The summed E-state index contributed by atoms with van der Waals surface area (Å²) in [6.45, 7) is 7.81. The van der Waals surface area contributed by atoms with Gasteiger partial charge in [-0.15, -0.1) is 0 Å². The van der Waals surface area contributed by atoms with Crippen LogP contribution in [0.4, 0.5) is 11.4 Å². The van der Waals surface area contributed by atoms with E-state index in [1.165, 1.54) is 25.1 Å². The van der Waals surface area contributed by atoms with Crippen molar-refractivity contribution < 1.29 is 9.53 Å². The van der Waals surface area contributed by atoms with Gasteiger partial charge >= 0.3 is 0 Å². The van der Waals surface area contributed by atoms with E-state index in [0.29, 0.717) is 13.0 Å². The summed E-state index contributed by atoms with van der Waals surface area (Å²) < 4.78 is 5.46. The van der Waals surface area contributed by atoms with Gasteiger partial charge in [0.25, 0.3) is 5.91 Å². The third-order valence-corrected chi connectivity index (χ3v) is 4.77. The average molecular weight is 348 g/mol. The molecule has 1 aliphatic heterocycles. The van der Waals surface area contributed by atoms with Crippen LogP contribution < -0.4 is 10.2 Å². The molecule has 0 spiro atoms. The molecular formula is C20H33N3O2. The lowest BCUT2D eigenvalue weighted by atomic mass is 9.96. The maximum Gasteiger partial charge on any atom is 0.253 e. The van der Waals surface area contributed by atoms with Crippen molar-refractivity contribution >= 4 is 17.3 Å². The van der Waals surface area contributed by atoms with Crippen molar-refractivity contribution in [1.82, 2.24) is 4.90 Å². The van der Waals surface area contributed by atoms with Gasteiger partial charge in [-0.1, -0.05) is 6.92 Å². The molecule has 0 radical (unpaired) electrons. The van der Waals surface area contributed by atoms with E-state index in [-0.39, 0.29) is 12.0 Å². The largest absolute Gasteiger partial charge is 0.372 e. The summed E-state index contributed by atoms with van der Waals surface area (Å²) in [5, 5.41) is 2.95. The van der Waals surface area contributed by atoms with E-state index in [1.807, 2.05) is 26.0 Å². The van der Waals surface area contributed by atoms with Crippen LogP contribution in [-0.4, -0.2) is 57.2 Å². The zero-order valence-electron chi connectivity index (χ0n) is 16.1. The summed E-state index contributed by atoms with van der Waals surface area (Å²) in [7, 11) is 4.29. The quantitative estimate of drug-likeness (QED) is 0.784. The monoisotopic (exact) mass is 347 g/mol. The van der Waals surface area contributed by atoms with Crippen molar-refractivity contribution in [2.24, 2.45) is 5.92 Å². The molecule has 5 heteroatoms. The number of benzene rings is 1. The van der Waals surface area contributed by atoms with E-state index in [0.717, 1.165) is 24.7 Å². The Bertz CT molecular complexity index is 522. The molecular weight excluding hydrogens is 314 g/mol. The van der Waals surface area contributed by atoms with Gasteiger partial charge in [0, 0.05) is 37.6 Å². The second-order valence-corrected chi connectivity index (χ2v) is 7.08. The van der Waals surface area contributed by atoms with Gasteiger partial charge in [-0.05, 0) is 70.5 Å². The highest BCUT2D eigenvalue weighted by Crippen LogP contribution is 2.25. The number of nitrogens with one attached hydrogen (secondary N) is 1. The van der Waals surface area contributed by atoms with Crippen molar-refractivity contribution in [3.63, 3.8) is 0 Å². The molecule has 1 fully saturated rings. The zero-order valence-corrected chi connectivity index (χ0v) is 16.1. The number of rotatable bonds is 8. The summed E-state index contributed by atoms with van der Waals surface area (Å²) >= 11 is 0. The number of carbonyl (C=O) groups is 1. The molecule has 1 saturated heterocycles. The summed E-state index contributed by atoms with van der Waals surface area (Å²) in [4.78, 5) is 16.9. The van der Waals surface area contributed by atoms with Gasteiger partial charge in [-0.25, -0.2) is 0 Å². The summed E-state index contributed by atoms with van der Waals surface area (Å²) in [6, 6.07) is 8.17. The molecule has 1 amide bonds. The van der Waals surface area contributed by atoms with Crippen LogP contribution in [0.15, 0.2) is 24.3 Å². The van der Waals surface area contributed by atoms with Crippen molar-refractivity contribution in [3.05, 3.63) is 24.3 Å². The molecule has 140 valence electrons. The Hall–Kier alpha value is -1.59. The lowest BCUT2D eigenvalue weighted by Gasteiger charge is -2.34. The minimum atomic E-state index is -0.375. The van der Waals surface area contributed by atoms with Gasteiger partial charge in [0.1, 0.15) is 6.10 Å². The number of amides is 1. The second kappa shape index (κ2) is 9.78. The maximum atomic E-state index is 12.2. The number of piperidine rings is 1. The van der Waals surface area contributed by atoms with Gasteiger partial charge in [0.2, 0.25) is 0 Å². The van der Waals surface area contributed by atoms with E-state index in [4.69, 9.17) is 4.74 Å². The van der Waals surface area contributed by atoms with Crippen LogP contribution in [0.5, 0.6) is 0 Å². The number of nitrogens with zero attached hydrogens (tertiary/aromatic N) is 2. The van der Waals surface area contributed by atoms with Crippen LogP contribution in [0.1, 0.15) is 33.1 Å². The van der Waals surface area contributed by atoms with E-state index in [9.17, 15) is 4.79 Å². The molecule has 0 bridgehead atoms. The van der Waals surface area contributed by atoms with E-state index >= 15 is 0 Å². The Morgan fingerprint density at radius 1 is 1.24 bits per heavy atom. The minimum Gasteiger partial charge on any atom is -0.372 e. The molecule has 0 saturated carbocycles. The molecule has 0 aromatic heterocycles. The lowest BCUT2D eigenvalue weighted by Crippen LogP contribution is -2.37. The topological polar surface area (TPSA) is 44.8 Å². The summed E-state index contributed by atoms with van der Waals surface area (Å²) in [6.07, 6.45) is 2.78. The summed E-state index contributed by atoms with van der Waals surface area (Å²) in [5.41, 5.74) is 2.06. The molecule has 0 aliphatic carbocycles. The zero-order chi connectivity index (χ0) is 18.2. The number of carbonyl (C=O) groups excluding carboxylic acids is 1. The summed E-state index contributed by atoms with van der Waals surface area (Å²) in [5.74, 6) is 0.732. The molecule has 1 aliphatic rings. The van der Waals surface area contributed by atoms with E-state index in [2.05, 4.69) is 41.3 Å². The predicted molar refractivity (Wildman–Crippen MR) is 104 cm³/mol. The standard InChI is InChI=1S/C20H33N3O2/c1-5-19(25-6-2)20(24)21-17-7-9-18(10-8-17)23-13-11-16(12-14-23)15-22(3)4/h7-10,16,19H,5-6,11-15H2,1-4H3,(H,21,24). The highest BCUT2D eigenvalue weighted by atomic mass is 16.5. The van der Waals surface area contributed by atoms with Crippen LogP contribution >= 0.6 is 0 Å². The molecule has 1 heterocycles. The predicted octanol–water partition coefficient (Wildman–Crippen LogP) is 3.22. The van der Waals surface area contributed by atoms with Gasteiger partial charge in [0.05, 0.1) is 0 Å². The fourth-order valence-corrected chi connectivity index (χ4v) is 3.45. The molecule has 1 unspecified atom stereocenters. The van der Waals surface area contributed by atoms with Crippen molar-refractivity contribution in [1.29, 1.82) is 0 Å². The van der Waals surface area contributed by atoms with Crippen molar-refractivity contribution in [3.8, 4) is 0 Å². The molecule has 5 nitrogen and oxygen atoms in total. The van der Waals surface area contributed by atoms with Gasteiger partial charge < -0.3 is 19.9 Å². The minimum absolute atomic E-state index is 0.0680. The van der Waals surface area contributed by atoms with Crippen LogP contribution in [-0.2, 0) is 9.53 Å². The molecule has 1 aromatic rings. The smallest absolute Gasteiger partial charge is 0.253 e. The lowest BCUT2D eigenvalue weighted by molar-refractivity contribution is -0.127.